The molecule has 1 fully saturated rings. The molecule has 116 valence electrons. The molecule has 0 N–H and O–H groups in total. The molecule has 3 atom stereocenters. The first kappa shape index (κ1) is 16.9. The van der Waals surface area contributed by atoms with Crippen LogP contribution in [0, 0.1) is 17.8 Å². The highest BCUT2D eigenvalue weighted by Gasteiger charge is 2.40. The van der Waals surface area contributed by atoms with Crippen LogP contribution in [0.2, 0.25) is 5.02 Å². The molecule has 0 saturated heterocycles. The van der Waals surface area contributed by atoms with E-state index in [1.165, 1.54) is 12.8 Å². The third-order valence-electron chi connectivity index (χ3n) is 4.82. The Morgan fingerprint density at radius 3 is 2.43 bits per heavy atom. The first-order chi connectivity index (χ1) is 9.81. The van der Waals surface area contributed by atoms with Crippen LogP contribution in [0.5, 0.6) is 0 Å². The lowest BCUT2D eigenvalue weighted by Crippen LogP contribution is -2.40. The van der Waals surface area contributed by atoms with Gasteiger partial charge in [-0.3, -0.25) is 4.79 Å². The Balaban J connectivity index is 2.10. The van der Waals surface area contributed by atoms with Crippen LogP contribution in [0.4, 0.5) is 0 Å². The van der Waals surface area contributed by atoms with Gasteiger partial charge in [-0.2, -0.15) is 0 Å². The minimum Gasteiger partial charge on any atom is -0.298 e. The average molecular weight is 325 g/mol. The van der Waals surface area contributed by atoms with Crippen LogP contribution in [0.1, 0.15) is 47.0 Å². The fourth-order valence-electron chi connectivity index (χ4n) is 3.25. The zero-order valence-corrected chi connectivity index (χ0v) is 14.9. The second-order valence-electron chi connectivity index (χ2n) is 6.80. The van der Waals surface area contributed by atoms with E-state index in [9.17, 15) is 4.79 Å². The fourth-order valence-corrected chi connectivity index (χ4v) is 4.49. The molecule has 1 aromatic rings. The van der Waals surface area contributed by atoms with Crippen molar-refractivity contribution in [3.05, 3.63) is 29.3 Å². The predicted molar refractivity (Wildman–Crippen MR) is 92.1 cm³/mol. The van der Waals surface area contributed by atoms with Crippen molar-refractivity contribution >= 4 is 29.1 Å². The van der Waals surface area contributed by atoms with Crippen molar-refractivity contribution in [2.24, 2.45) is 17.8 Å². The SMILES string of the molecule is CC1CCCC(C(=O)C(C)(C)Sc2ccc(Cl)cc2)C1C. The molecular formula is C18H25ClOS. The summed E-state index contributed by atoms with van der Waals surface area (Å²) in [6.07, 6.45) is 3.49. The number of hydrogen-bond donors (Lipinski definition) is 0. The summed E-state index contributed by atoms with van der Waals surface area (Å²) in [5.74, 6) is 1.77. The number of ketones is 1. The van der Waals surface area contributed by atoms with Crippen molar-refractivity contribution in [1.29, 1.82) is 0 Å². The lowest BCUT2D eigenvalue weighted by molar-refractivity contribution is -0.127. The van der Waals surface area contributed by atoms with Gasteiger partial charge >= 0.3 is 0 Å². The van der Waals surface area contributed by atoms with Gasteiger partial charge in [0.25, 0.3) is 0 Å². The van der Waals surface area contributed by atoms with E-state index < -0.39 is 0 Å². The topological polar surface area (TPSA) is 17.1 Å². The smallest absolute Gasteiger partial charge is 0.152 e. The molecule has 1 aromatic carbocycles. The van der Waals surface area contributed by atoms with Gasteiger partial charge in [0.2, 0.25) is 0 Å². The van der Waals surface area contributed by atoms with Crippen molar-refractivity contribution in [2.45, 2.75) is 56.6 Å². The number of carbonyl (C=O) groups is 1. The second kappa shape index (κ2) is 6.75. The van der Waals surface area contributed by atoms with E-state index in [4.69, 9.17) is 11.6 Å². The van der Waals surface area contributed by atoms with Crippen molar-refractivity contribution in [2.75, 3.05) is 0 Å². The molecule has 1 nitrogen and oxygen atoms in total. The molecule has 0 aliphatic heterocycles. The molecule has 21 heavy (non-hydrogen) atoms. The summed E-state index contributed by atoms with van der Waals surface area (Å²) < 4.78 is -0.385. The first-order valence-corrected chi connectivity index (χ1v) is 8.99. The molecular weight excluding hydrogens is 300 g/mol. The number of Topliss-reactive ketones (excluding diaryl/α,β-unsaturated/α-hetero) is 1. The maximum atomic E-state index is 13.0. The van der Waals surface area contributed by atoms with E-state index in [-0.39, 0.29) is 10.7 Å². The Morgan fingerprint density at radius 1 is 1.19 bits per heavy atom. The average Bonchev–Trinajstić information content (AvgIpc) is 2.43. The molecule has 0 heterocycles. The van der Waals surface area contributed by atoms with E-state index in [0.717, 1.165) is 16.3 Å². The predicted octanol–water partition coefficient (Wildman–Crippen LogP) is 5.85. The molecule has 0 radical (unpaired) electrons. The minimum atomic E-state index is -0.385. The largest absolute Gasteiger partial charge is 0.298 e. The normalized spacial score (nSPS) is 26.6. The standard InChI is InChI=1S/C18H25ClOS/c1-12-6-5-7-16(13(12)2)17(20)18(3,4)21-15-10-8-14(19)9-11-15/h8-13,16H,5-7H2,1-4H3. The first-order valence-electron chi connectivity index (χ1n) is 7.80. The van der Waals surface area contributed by atoms with Crippen molar-refractivity contribution in [1.82, 2.24) is 0 Å². The maximum absolute atomic E-state index is 13.0. The maximum Gasteiger partial charge on any atom is 0.152 e. The van der Waals surface area contributed by atoms with Gasteiger partial charge in [-0.05, 0) is 56.4 Å². The van der Waals surface area contributed by atoms with E-state index in [1.807, 2.05) is 24.3 Å². The monoisotopic (exact) mass is 324 g/mol. The van der Waals surface area contributed by atoms with Gasteiger partial charge in [0.05, 0.1) is 4.75 Å². The van der Waals surface area contributed by atoms with Gasteiger partial charge < -0.3 is 0 Å². The van der Waals surface area contributed by atoms with E-state index in [2.05, 4.69) is 27.7 Å². The highest BCUT2D eigenvalue weighted by Crippen LogP contribution is 2.42. The molecule has 0 amide bonds. The second-order valence-corrected chi connectivity index (χ2v) is 8.94. The third kappa shape index (κ3) is 4.04. The lowest BCUT2D eigenvalue weighted by atomic mass is 9.70. The Hall–Kier alpha value is -0.470. The van der Waals surface area contributed by atoms with Crippen LogP contribution in [0.25, 0.3) is 0 Å². The molecule has 0 spiro atoms. The molecule has 0 bridgehead atoms. The van der Waals surface area contributed by atoms with Crippen LogP contribution >= 0.6 is 23.4 Å². The molecule has 1 aliphatic carbocycles. The lowest BCUT2D eigenvalue weighted by Gasteiger charge is -2.37. The van der Waals surface area contributed by atoms with Crippen LogP contribution in [0.15, 0.2) is 29.2 Å². The van der Waals surface area contributed by atoms with Gasteiger partial charge in [0.15, 0.2) is 5.78 Å². The third-order valence-corrected chi connectivity index (χ3v) is 6.29. The summed E-state index contributed by atoms with van der Waals surface area (Å²) in [5.41, 5.74) is 0. The molecule has 3 unspecified atom stereocenters. The minimum absolute atomic E-state index is 0.212. The molecule has 0 aromatic heterocycles. The highest BCUT2D eigenvalue weighted by atomic mass is 35.5. The zero-order valence-electron chi connectivity index (χ0n) is 13.4. The molecule has 1 saturated carbocycles. The van der Waals surface area contributed by atoms with E-state index in [0.29, 0.717) is 17.6 Å². The van der Waals surface area contributed by atoms with Gasteiger partial charge in [0, 0.05) is 15.8 Å². The Bertz CT molecular complexity index is 494. The number of rotatable bonds is 4. The van der Waals surface area contributed by atoms with E-state index >= 15 is 0 Å². The summed E-state index contributed by atoms with van der Waals surface area (Å²) >= 11 is 7.58. The number of carbonyl (C=O) groups excluding carboxylic acids is 1. The summed E-state index contributed by atoms with van der Waals surface area (Å²) in [6, 6.07) is 7.76. The van der Waals surface area contributed by atoms with Crippen LogP contribution < -0.4 is 0 Å². The quantitative estimate of drug-likeness (QED) is 0.646. The zero-order chi connectivity index (χ0) is 15.6. The Kier molecular flexibility index (Phi) is 5.43. The van der Waals surface area contributed by atoms with Crippen molar-refractivity contribution in [3.63, 3.8) is 0 Å². The molecule has 1 aliphatic rings. The number of benzene rings is 1. The van der Waals surface area contributed by atoms with Gasteiger partial charge in [0.1, 0.15) is 0 Å². The molecule has 2 rings (SSSR count). The summed E-state index contributed by atoms with van der Waals surface area (Å²) in [4.78, 5) is 14.1. The number of hydrogen-bond acceptors (Lipinski definition) is 2. The molecule has 3 heteroatoms. The summed E-state index contributed by atoms with van der Waals surface area (Å²) in [5, 5.41) is 0.734. The van der Waals surface area contributed by atoms with Gasteiger partial charge in [-0.15, -0.1) is 11.8 Å². The van der Waals surface area contributed by atoms with E-state index in [1.54, 1.807) is 11.8 Å². The van der Waals surface area contributed by atoms with Crippen LogP contribution in [0.3, 0.4) is 0 Å². The summed E-state index contributed by atoms with van der Waals surface area (Å²) in [7, 11) is 0. The van der Waals surface area contributed by atoms with Gasteiger partial charge in [-0.25, -0.2) is 0 Å². The number of thioether (sulfide) groups is 1. The fraction of sp³-hybridized carbons (Fsp3) is 0.611. The summed E-state index contributed by atoms with van der Waals surface area (Å²) in [6.45, 7) is 8.64. The number of halogens is 1. The van der Waals surface area contributed by atoms with Gasteiger partial charge in [-0.1, -0.05) is 38.3 Å². The van der Waals surface area contributed by atoms with Crippen LogP contribution in [-0.4, -0.2) is 10.5 Å². The van der Waals surface area contributed by atoms with Crippen molar-refractivity contribution < 1.29 is 4.79 Å². The van der Waals surface area contributed by atoms with Crippen LogP contribution in [-0.2, 0) is 4.79 Å². The Morgan fingerprint density at radius 2 is 1.81 bits per heavy atom. The van der Waals surface area contributed by atoms with Crippen molar-refractivity contribution in [3.8, 4) is 0 Å². The Labute approximate surface area is 137 Å². The highest BCUT2D eigenvalue weighted by molar-refractivity contribution is 8.01.